The number of nitrogens with one attached hydrogen (secondary N) is 1. The molecule has 1 saturated heterocycles. The summed E-state index contributed by atoms with van der Waals surface area (Å²) >= 11 is 0. The van der Waals surface area contributed by atoms with Gasteiger partial charge in [-0.15, -0.1) is 0 Å². The smallest absolute Gasteiger partial charge is 0.240 e. The van der Waals surface area contributed by atoms with Gasteiger partial charge in [-0.2, -0.15) is 0 Å². The van der Waals surface area contributed by atoms with Crippen LogP contribution < -0.4 is 10.2 Å². The first-order chi connectivity index (χ1) is 10.2. The highest BCUT2D eigenvalue weighted by molar-refractivity contribution is 6.22. The van der Waals surface area contributed by atoms with E-state index in [1.54, 1.807) is 0 Å². The molecule has 3 rings (SSSR count). The van der Waals surface area contributed by atoms with Crippen molar-refractivity contribution in [1.82, 2.24) is 5.32 Å². The highest BCUT2D eigenvalue weighted by atomic mass is 16.2. The molecule has 1 aromatic carbocycles. The van der Waals surface area contributed by atoms with Gasteiger partial charge in [-0.1, -0.05) is 37.5 Å². The van der Waals surface area contributed by atoms with Gasteiger partial charge in [0.15, 0.2) is 0 Å². The highest BCUT2D eigenvalue weighted by Crippen LogP contribution is 2.46. The summed E-state index contributed by atoms with van der Waals surface area (Å²) in [4.78, 5) is 26.9. The Kier molecular flexibility index (Phi) is 3.81. The third-order valence-corrected chi connectivity index (χ3v) is 4.81. The normalized spacial score (nSPS) is 21.3. The molecule has 0 unspecified atom stereocenters. The molecule has 1 aliphatic carbocycles. The van der Waals surface area contributed by atoms with E-state index in [2.05, 4.69) is 5.32 Å². The van der Waals surface area contributed by atoms with E-state index in [1.807, 2.05) is 31.3 Å². The molecule has 112 valence electrons. The maximum Gasteiger partial charge on any atom is 0.240 e. The SMILES string of the molecule is CNCc1ccccc1N1C(=O)CC2(CCCCC2)C1=O. The van der Waals surface area contributed by atoms with Gasteiger partial charge in [0.25, 0.3) is 0 Å². The predicted octanol–water partition coefficient (Wildman–Crippen LogP) is 2.62. The Morgan fingerprint density at radius 3 is 2.57 bits per heavy atom. The quantitative estimate of drug-likeness (QED) is 0.869. The number of benzene rings is 1. The molecule has 0 bridgehead atoms. The minimum atomic E-state index is -0.415. The molecule has 1 spiro atoms. The zero-order valence-corrected chi connectivity index (χ0v) is 12.5. The van der Waals surface area contributed by atoms with Gasteiger partial charge < -0.3 is 5.32 Å². The minimum Gasteiger partial charge on any atom is -0.316 e. The van der Waals surface area contributed by atoms with E-state index in [1.165, 1.54) is 11.3 Å². The fraction of sp³-hybridized carbons (Fsp3) is 0.529. The average molecular weight is 286 g/mol. The second kappa shape index (κ2) is 5.60. The highest BCUT2D eigenvalue weighted by Gasteiger charge is 2.52. The molecule has 2 amide bonds. The van der Waals surface area contributed by atoms with Gasteiger partial charge in [0.1, 0.15) is 0 Å². The summed E-state index contributed by atoms with van der Waals surface area (Å²) < 4.78 is 0. The molecule has 2 aliphatic rings. The van der Waals surface area contributed by atoms with Crippen molar-refractivity contribution in [2.24, 2.45) is 5.41 Å². The number of hydrogen-bond donors (Lipinski definition) is 1. The summed E-state index contributed by atoms with van der Waals surface area (Å²) in [5, 5.41) is 3.10. The van der Waals surface area contributed by atoms with Crippen molar-refractivity contribution in [2.45, 2.75) is 45.1 Å². The van der Waals surface area contributed by atoms with Crippen molar-refractivity contribution < 1.29 is 9.59 Å². The van der Waals surface area contributed by atoms with Crippen molar-refractivity contribution >= 4 is 17.5 Å². The Morgan fingerprint density at radius 1 is 1.14 bits per heavy atom. The van der Waals surface area contributed by atoms with E-state index in [0.29, 0.717) is 13.0 Å². The topological polar surface area (TPSA) is 49.4 Å². The van der Waals surface area contributed by atoms with Crippen LogP contribution in [-0.2, 0) is 16.1 Å². The van der Waals surface area contributed by atoms with E-state index in [0.717, 1.165) is 36.9 Å². The molecule has 0 aromatic heterocycles. The molecule has 4 nitrogen and oxygen atoms in total. The summed E-state index contributed by atoms with van der Waals surface area (Å²) in [5.74, 6) is -0.0128. The number of nitrogens with zero attached hydrogens (tertiary/aromatic N) is 1. The number of carbonyl (C=O) groups excluding carboxylic acids is 2. The van der Waals surface area contributed by atoms with E-state index in [9.17, 15) is 9.59 Å². The molecule has 1 aromatic rings. The fourth-order valence-corrected chi connectivity index (χ4v) is 3.73. The second-order valence-electron chi connectivity index (χ2n) is 6.21. The molecule has 21 heavy (non-hydrogen) atoms. The molecule has 0 atom stereocenters. The van der Waals surface area contributed by atoms with Crippen LogP contribution >= 0.6 is 0 Å². The van der Waals surface area contributed by atoms with E-state index in [4.69, 9.17) is 0 Å². The maximum absolute atomic E-state index is 12.9. The number of imide groups is 1. The lowest BCUT2D eigenvalue weighted by Gasteiger charge is -2.30. The van der Waals surface area contributed by atoms with Crippen LogP contribution in [0.3, 0.4) is 0 Å². The van der Waals surface area contributed by atoms with Gasteiger partial charge >= 0.3 is 0 Å². The molecule has 1 saturated carbocycles. The van der Waals surface area contributed by atoms with Crippen molar-refractivity contribution in [1.29, 1.82) is 0 Å². The monoisotopic (exact) mass is 286 g/mol. The van der Waals surface area contributed by atoms with Crippen LogP contribution in [0.2, 0.25) is 0 Å². The van der Waals surface area contributed by atoms with Crippen molar-refractivity contribution in [2.75, 3.05) is 11.9 Å². The number of anilines is 1. The molecule has 0 radical (unpaired) electrons. The molecule has 1 heterocycles. The van der Waals surface area contributed by atoms with Gasteiger partial charge in [0, 0.05) is 13.0 Å². The Balaban J connectivity index is 1.96. The standard InChI is InChI=1S/C17H22N2O2/c1-18-12-13-7-3-4-8-14(13)19-15(20)11-17(16(19)21)9-5-2-6-10-17/h3-4,7-8,18H,2,5-6,9-12H2,1H3. The molecule has 2 fully saturated rings. The van der Waals surface area contributed by atoms with Crippen LogP contribution in [0.1, 0.15) is 44.1 Å². The van der Waals surface area contributed by atoms with Gasteiger partial charge in [-0.05, 0) is 31.5 Å². The zero-order chi connectivity index (χ0) is 14.9. The second-order valence-corrected chi connectivity index (χ2v) is 6.21. The minimum absolute atomic E-state index is 0.0238. The van der Waals surface area contributed by atoms with Crippen LogP contribution in [0.4, 0.5) is 5.69 Å². The van der Waals surface area contributed by atoms with Crippen molar-refractivity contribution in [3.63, 3.8) is 0 Å². The third kappa shape index (κ3) is 2.38. The lowest BCUT2D eigenvalue weighted by molar-refractivity contribution is -0.127. The maximum atomic E-state index is 12.9. The zero-order valence-electron chi connectivity index (χ0n) is 12.5. The Hall–Kier alpha value is -1.68. The first-order valence-electron chi connectivity index (χ1n) is 7.78. The van der Waals surface area contributed by atoms with Gasteiger partial charge in [-0.3, -0.25) is 9.59 Å². The van der Waals surface area contributed by atoms with Crippen LogP contribution in [0.15, 0.2) is 24.3 Å². The van der Waals surface area contributed by atoms with Gasteiger partial charge in [0.2, 0.25) is 11.8 Å². The molecule has 4 heteroatoms. The summed E-state index contributed by atoms with van der Waals surface area (Å²) in [7, 11) is 1.87. The molecular weight excluding hydrogens is 264 g/mol. The van der Waals surface area contributed by atoms with Crippen molar-refractivity contribution in [3.05, 3.63) is 29.8 Å². The van der Waals surface area contributed by atoms with Crippen LogP contribution in [0.25, 0.3) is 0 Å². The number of carbonyl (C=O) groups is 2. The van der Waals surface area contributed by atoms with Crippen LogP contribution in [0.5, 0.6) is 0 Å². The summed E-state index contributed by atoms with van der Waals surface area (Å²) in [6, 6.07) is 7.68. The molecule has 1 N–H and O–H groups in total. The predicted molar refractivity (Wildman–Crippen MR) is 81.8 cm³/mol. The third-order valence-electron chi connectivity index (χ3n) is 4.81. The summed E-state index contributed by atoms with van der Waals surface area (Å²) in [6.45, 7) is 0.653. The number of rotatable bonds is 3. The lowest BCUT2D eigenvalue weighted by Crippen LogP contribution is -2.37. The number of hydrogen-bond acceptors (Lipinski definition) is 3. The van der Waals surface area contributed by atoms with Crippen molar-refractivity contribution in [3.8, 4) is 0 Å². The summed E-state index contributed by atoms with van der Waals surface area (Å²) in [6.07, 6.45) is 5.42. The first kappa shape index (κ1) is 14.3. The Labute approximate surface area is 125 Å². The number of para-hydroxylation sites is 1. The molecule has 1 aliphatic heterocycles. The number of amides is 2. The largest absolute Gasteiger partial charge is 0.316 e. The average Bonchev–Trinajstić information content (AvgIpc) is 2.72. The molecular formula is C17H22N2O2. The van der Waals surface area contributed by atoms with E-state index in [-0.39, 0.29) is 11.8 Å². The lowest BCUT2D eigenvalue weighted by atomic mass is 9.73. The van der Waals surface area contributed by atoms with Crippen LogP contribution in [-0.4, -0.2) is 18.9 Å². The summed E-state index contributed by atoms with van der Waals surface area (Å²) in [5.41, 5.74) is 1.33. The van der Waals surface area contributed by atoms with Gasteiger partial charge in [-0.25, -0.2) is 4.90 Å². The Morgan fingerprint density at radius 2 is 1.86 bits per heavy atom. The fourth-order valence-electron chi connectivity index (χ4n) is 3.73. The Bertz CT molecular complexity index is 562. The first-order valence-corrected chi connectivity index (χ1v) is 7.78. The van der Waals surface area contributed by atoms with E-state index >= 15 is 0 Å². The van der Waals surface area contributed by atoms with Crippen LogP contribution in [0, 0.1) is 5.41 Å². The van der Waals surface area contributed by atoms with E-state index < -0.39 is 5.41 Å². The van der Waals surface area contributed by atoms with Gasteiger partial charge in [0.05, 0.1) is 11.1 Å².